The first-order valence-electron chi connectivity index (χ1n) is 28.8. The van der Waals surface area contributed by atoms with Gasteiger partial charge in [-0.25, -0.2) is 0 Å². The van der Waals surface area contributed by atoms with Crippen molar-refractivity contribution in [2.45, 2.75) is 74.1 Å². The molecule has 0 radical (unpaired) electrons. The van der Waals surface area contributed by atoms with Crippen molar-refractivity contribution in [3.8, 4) is 11.1 Å². The lowest BCUT2D eigenvalue weighted by Crippen LogP contribution is -2.49. The highest BCUT2D eigenvalue weighted by Crippen LogP contribution is 2.68. The maximum absolute atomic E-state index is 16.7. The van der Waals surface area contributed by atoms with Crippen LogP contribution in [0.5, 0.6) is 0 Å². The van der Waals surface area contributed by atoms with E-state index in [0.717, 1.165) is 12.1 Å². The van der Waals surface area contributed by atoms with E-state index in [1.807, 2.05) is 0 Å². The van der Waals surface area contributed by atoms with Gasteiger partial charge in [0, 0.05) is 11.1 Å². The van der Waals surface area contributed by atoms with E-state index in [1.165, 1.54) is 0 Å². The van der Waals surface area contributed by atoms with Crippen LogP contribution in [0.4, 0.5) is 158 Å². The maximum atomic E-state index is 16.7. The van der Waals surface area contributed by atoms with E-state index in [9.17, 15) is 0 Å². The summed E-state index contributed by atoms with van der Waals surface area (Å²) in [4.78, 5) is 0. The topological polar surface area (TPSA) is 0 Å². The molecule has 0 saturated heterocycles. The molecule has 0 aliphatic heterocycles. The van der Waals surface area contributed by atoms with Crippen LogP contribution in [0.1, 0.15) is 66.8 Å². The van der Waals surface area contributed by atoms with E-state index >= 15 is 158 Å². The zero-order valence-corrected chi connectivity index (χ0v) is 52.6. The summed E-state index contributed by atoms with van der Waals surface area (Å²) in [5.41, 5.74) is -46.1. The zero-order valence-electron chi connectivity index (χ0n) is 50.8. The largest absolute Gasteiger partial charge is 0.420 e. The van der Waals surface area contributed by atoms with Crippen molar-refractivity contribution in [3.05, 3.63) is 249 Å². The third kappa shape index (κ3) is 13.8. The molecule has 0 aromatic heterocycles. The Kier molecular flexibility index (Phi) is 19.5. The molecule has 0 nitrogen and oxygen atoms in total. The SMILES string of the molecule is FC(F)(F)c1cccc([P+](c2cccc(C(F)(F)F)c2C(F)(F)F)(c2cccc(C(F)(F)F)c2C(F)(F)F)c2ccc3ccccc3c2-c2c([P+](c3cccc(C(F)(F)F)c3C(F)(F)F)(c3cccc(C(F)(F)F)c3C(F)(F)F)c3cccc(C(F)(F)F)c3C(F)(F)F)ccc3ccccc23)c1C(F)(F)F. The average Bonchev–Trinajstić information content (AvgIpc) is 0.678. The van der Waals surface area contributed by atoms with Crippen molar-refractivity contribution < 1.29 is 158 Å². The minimum Gasteiger partial charge on any atom is -0.166 e. The fraction of sp³-hybridized carbons (Fsp3) is 0.176. The molecule has 0 unspecified atom stereocenters. The fourth-order valence-corrected chi connectivity index (χ4v) is 23.5. The Bertz CT molecular complexity index is 4380. The van der Waals surface area contributed by atoms with Crippen molar-refractivity contribution in [1.29, 1.82) is 0 Å². The van der Waals surface area contributed by atoms with E-state index in [0.29, 0.717) is 36.4 Å². The molecular weight excluding hydrogens is 1560 g/mol. The van der Waals surface area contributed by atoms with Crippen molar-refractivity contribution >= 4 is 78.5 Å². The second-order valence-electron chi connectivity index (χ2n) is 22.9. The molecule has 106 heavy (non-hydrogen) atoms. The Balaban J connectivity index is 1.77. The monoisotopic (exact) mass is 1590 g/mol. The molecule has 0 atom stereocenters. The quantitative estimate of drug-likeness (QED) is 0.0998. The summed E-state index contributed by atoms with van der Waals surface area (Å²) in [6.07, 6.45) is -83.5. The number of hydrogen-bond acceptors (Lipinski definition) is 0. The highest BCUT2D eigenvalue weighted by Gasteiger charge is 2.68. The van der Waals surface area contributed by atoms with Crippen LogP contribution in [-0.2, 0) is 74.1 Å². The highest BCUT2D eigenvalue weighted by molar-refractivity contribution is 8.02. The molecule has 0 saturated carbocycles. The molecule has 0 bridgehead atoms. The first-order chi connectivity index (χ1) is 48.3. The highest BCUT2D eigenvalue weighted by atomic mass is 31.2. The Hall–Kier alpha value is -8.94. The van der Waals surface area contributed by atoms with Gasteiger partial charge in [0.1, 0.15) is 90.3 Å². The summed E-state index contributed by atoms with van der Waals surface area (Å²) in [5.74, 6) is 0. The predicted octanol–water partition coefficient (Wildman–Crippen LogP) is 23.1. The van der Waals surface area contributed by atoms with Crippen molar-refractivity contribution in [3.63, 3.8) is 0 Å². The molecule has 0 N–H and O–H groups in total. The molecule has 0 heterocycles. The van der Waals surface area contributed by atoms with Crippen LogP contribution in [-0.4, -0.2) is 0 Å². The second kappa shape index (κ2) is 25.9. The van der Waals surface area contributed by atoms with Gasteiger partial charge in [0.25, 0.3) is 0 Å². The molecule has 10 rings (SSSR count). The third-order valence-electron chi connectivity index (χ3n) is 16.7. The maximum Gasteiger partial charge on any atom is 0.420 e. The van der Waals surface area contributed by atoms with Crippen LogP contribution in [0, 0.1) is 0 Å². The van der Waals surface area contributed by atoms with E-state index in [2.05, 4.69) is 0 Å². The van der Waals surface area contributed by atoms with Gasteiger partial charge in [-0.3, -0.25) is 0 Å². The molecule has 0 aliphatic carbocycles. The molecule has 0 spiro atoms. The summed E-state index contributed by atoms with van der Waals surface area (Å²) in [6.45, 7) is 0. The van der Waals surface area contributed by atoms with E-state index in [1.54, 1.807) is 0 Å². The molecular formula is C68H30F36P2+2. The lowest BCUT2D eigenvalue weighted by Gasteiger charge is -2.38. The normalized spacial score (nSPS) is 14.0. The van der Waals surface area contributed by atoms with E-state index in [-0.39, 0.29) is 60.7 Å². The van der Waals surface area contributed by atoms with Gasteiger partial charge in [0.15, 0.2) is 0 Å². The van der Waals surface area contributed by atoms with Crippen molar-refractivity contribution in [2.75, 3.05) is 0 Å². The summed E-state index contributed by atoms with van der Waals surface area (Å²) in [5, 5.41) is -27.3. The smallest absolute Gasteiger partial charge is 0.166 e. The summed E-state index contributed by atoms with van der Waals surface area (Å²) < 4.78 is 586. The Morgan fingerprint density at radius 2 is 0.321 bits per heavy atom. The molecule has 562 valence electrons. The van der Waals surface area contributed by atoms with Crippen LogP contribution in [0.2, 0.25) is 0 Å². The van der Waals surface area contributed by atoms with Gasteiger partial charge in [-0.15, -0.1) is 0 Å². The lowest BCUT2D eigenvalue weighted by molar-refractivity contribution is -0.161. The zero-order chi connectivity index (χ0) is 79.2. The molecule has 0 amide bonds. The molecule has 0 aliphatic rings. The van der Waals surface area contributed by atoms with Gasteiger partial charge in [0.05, 0.1) is 33.4 Å². The van der Waals surface area contributed by atoms with Crippen LogP contribution in [0.25, 0.3) is 32.7 Å². The number of alkyl halides is 36. The van der Waals surface area contributed by atoms with Gasteiger partial charge in [-0.05, 0) is 106 Å². The van der Waals surface area contributed by atoms with Gasteiger partial charge >= 0.3 is 74.1 Å². The third-order valence-corrected chi connectivity index (χ3v) is 25.5. The fourth-order valence-electron chi connectivity index (χ4n) is 13.3. The Labute approximate surface area is 569 Å². The first kappa shape index (κ1) is 79.6. The van der Waals surface area contributed by atoms with Crippen LogP contribution in [0.3, 0.4) is 0 Å². The summed E-state index contributed by atoms with van der Waals surface area (Å²) in [6, 6.07) is -4.54. The number of fused-ring (bicyclic) bond motifs is 2. The van der Waals surface area contributed by atoms with Crippen LogP contribution < -0.4 is 42.4 Å². The van der Waals surface area contributed by atoms with Gasteiger partial charge in [0.2, 0.25) is 0 Å². The average molecular weight is 1590 g/mol. The molecule has 10 aromatic rings. The Morgan fingerprint density at radius 1 is 0.151 bits per heavy atom. The predicted molar refractivity (Wildman–Crippen MR) is 316 cm³/mol. The van der Waals surface area contributed by atoms with Gasteiger partial charge < -0.3 is 0 Å². The minimum absolute atomic E-state index is 0.194. The number of hydrogen-bond donors (Lipinski definition) is 0. The van der Waals surface area contributed by atoms with E-state index in [4.69, 9.17) is 0 Å². The Morgan fingerprint density at radius 3 is 0.481 bits per heavy atom. The lowest BCUT2D eigenvalue weighted by atomic mass is 9.93. The number of rotatable bonds is 9. The molecule has 10 aromatic carbocycles. The summed E-state index contributed by atoms with van der Waals surface area (Å²) >= 11 is 0. The van der Waals surface area contributed by atoms with Crippen LogP contribution in [0.15, 0.2) is 182 Å². The van der Waals surface area contributed by atoms with E-state index < -0.39 is 303 Å². The minimum atomic E-state index is -8.10. The number of benzene rings is 10. The van der Waals surface area contributed by atoms with Gasteiger partial charge in [-0.2, -0.15) is 158 Å². The second-order valence-corrected chi connectivity index (χ2v) is 29.4. The number of halogens is 36. The summed E-state index contributed by atoms with van der Waals surface area (Å²) in [7, 11) is -16.2. The molecule has 38 heteroatoms. The standard InChI is InChI=1S/C68H30F36P2/c69-57(70,71)35-15-5-21-43(51(35)63(87,88)89)105(44-22-6-16-36(58(72,73)74)52(44)64(90,91)92,45-23-7-17-37(59(75,76)77)53(45)65(93,94)95)41-29-27-31-11-1-3-13-33(31)49(41)50-34-14-4-2-12-32(34)28-30-42(50)106(46-24-8-18-38(60(78,79)80)54(46)66(96,97)98,47-25-9-19-39(61(81,82)83)55(47)67(99,100)101)48-26-10-20-40(62(84,85)86)56(48)68(102,103)104/h1-30H/q+2. The van der Waals surface area contributed by atoms with Gasteiger partial charge in [-0.1, -0.05) is 97.1 Å². The van der Waals surface area contributed by atoms with Crippen molar-refractivity contribution in [2.24, 2.45) is 0 Å². The van der Waals surface area contributed by atoms with Crippen LogP contribution >= 0.6 is 14.5 Å². The first-order valence-corrected chi connectivity index (χ1v) is 32.4. The molecule has 0 fully saturated rings. The van der Waals surface area contributed by atoms with Crippen molar-refractivity contribution in [1.82, 2.24) is 0 Å².